The average Bonchev–Trinajstić information content (AvgIpc) is 2.57. The Morgan fingerprint density at radius 1 is 1.25 bits per heavy atom. The Labute approximate surface area is 149 Å². The van der Waals surface area contributed by atoms with Gasteiger partial charge in [0.15, 0.2) is 11.5 Å². The van der Waals surface area contributed by atoms with Gasteiger partial charge in [-0.25, -0.2) is 4.83 Å². The molecular formula is C16H17BrN2O4S. The maximum absolute atomic E-state index is 12.1. The molecule has 0 radical (unpaired) electrons. The van der Waals surface area contributed by atoms with Crippen LogP contribution in [0, 0.1) is 0 Å². The first-order valence-corrected chi connectivity index (χ1v) is 9.35. The largest absolute Gasteiger partial charge is 0.493 e. The third kappa shape index (κ3) is 4.48. The molecule has 6 nitrogen and oxygen atoms in total. The van der Waals surface area contributed by atoms with Gasteiger partial charge in [0, 0.05) is 0 Å². The van der Waals surface area contributed by atoms with Crippen LogP contribution in [0.15, 0.2) is 56.9 Å². The summed E-state index contributed by atoms with van der Waals surface area (Å²) in [5, 5.41) is 3.80. The highest BCUT2D eigenvalue weighted by Gasteiger charge is 2.12. The Morgan fingerprint density at radius 2 is 1.96 bits per heavy atom. The smallest absolute Gasteiger partial charge is 0.276 e. The topological polar surface area (TPSA) is 77.0 Å². The fraction of sp³-hybridized carbons (Fsp3) is 0.188. The van der Waals surface area contributed by atoms with E-state index in [-0.39, 0.29) is 4.90 Å². The summed E-state index contributed by atoms with van der Waals surface area (Å²) >= 11 is 3.40. The molecule has 1 N–H and O–H groups in total. The van der Waals surface area contributed by atoms with Gasteiger partial charge in [0.25, 0.3) is 10.0 Å². The molecule has 0 aromatic heterocycles. The molecule has 128 valence electrons. The quantitative estimate of drug-likeness (QED) is 0.559. The molecule has 0 spiro atoms. The molecule has 0 fully saturated rings. The van der Waals surface area contributed by atoms with E-state index >= 15 is 0 Å². The van der Waals surface area contributed by atoms with Crippen LogP contribution < -0.4 is 14.3 Å². The average molecular weight is 413 g/mol. The lowest BCUT2D eigenvalue weighted by molar-refractivity contribution is 0.309. The number of rotatable bonds is 7. The lowest BCUT2D eigenvalue weighted by Gasteiger charge is -2.12. The van der Waals surface area contributed by atoms with E-state index in [9.17, 15) is 8.42 Å². The van der Waals surface area contributed by atoms with Crippen molar-refractivity contribution in [2.75, 3.05) is 13.7 Å². The number of benzene rings is 2. The predicted octanol–water partition coefficient (Wildman–Crippen LogP) is 3.17. The highest BCUT2D eigenvalue weighted by molar-refractivity contribution is 9.10. The molecule has 0 saturated heterocycles. The van der Waals surface area contributed by atoms with Gasteiger partial charge in [-0.3, -0.25) is 0 Å². The first-order valence-electron chi connectivity index (χ1n) is 7.08. The molecule has 0 aliphatic carbocycles. The van der Waals surface area contributed by atoms with Gasteiger partial charge in [0.2, 0.25) is 0 Å². The van der Waals surface area contributed by atoms with E-state index in [1.807, 2.05) is 6.92 Å². The van der Waals surface area contributed by atoms with Crippen LogP contribution in [0.1, 0.15) is 12.5 Å². The maximum Gasteiger partial charge on any atom is 0.276 e. The lowest BCUT2D eigenvalue weighted by Crippen LogP contribution is -2.18. The minimum Gasteiger partial charge on any atom is -0.493 e. The lowest BCUT2D eigenvalue weighted by atomic mass is 10.2. The molecule has 2 aromatic rings. The molecule has 0 heterocycles. The number of hydrogen-bond acceptors (Lipinski definition) is 5. The molecule has 0 atom stereocenters. The van der Waals surface area contributed by atoms with Crippen molar-refractivity contribution in [2.24, 2.45) is 5.10 Å². The Hall–Kier alpha value is -2.06. The van der Waals surface area contributed by atoms with Crippen molar-refractivity contribution in [3.63, 3.8) is 0 Å². The van der Waals surface area contributed by atoms with Gasteiger partial charge in [0.05, 0.1) is 29.3 Å². The fourth-order valence-corrected chi connectivity index (χ4v) is 3.31. The Balaban J connectivity index is 2.19. The van der Waals surface area contributed by atoms with Gasteiger partial charge in [-0.05, 0) is 52.7 Å². The summed E-state index contributed by atoms with van der Waals surface area (Å²) in [6, 6.07) is 11.5. The van der Waals surface area contributed by atoms with Crippen molar-refractivity contribution in [3.05, 3.63) is 52.5 Å². The minimum atomic E-state index is -3.69. The molecule has 0 bridgehead atoms. The van der Waals surface area contributed by atoms with E-state index in [1.165, 1.54) is 25.5 Å². The number of methoxy groups -OCH3 is 1. The molecule has 24 heavy (non-hydrogen) atoms. The number of ether oxygens (including phenoxy) is 2. The molecule has 0 saturated carbocycles. The summed E-state index contributed by atoms with van der Waals surface area (Å²) in [4.78, 5) is 2.32. The third-order valence-corrected chi connectivity index (χ3v) is 4.81. The molecular weight excluding hydrogens is 396 g/mol. The van der Waals surface area contributed by atoms with Crippen LogP contribution >= 0.6 is 15.9 Å². The van der Waals surface area contributed by atoms with E-state index < -0.39 is 10.0 Å². The van der Waals surface area contributed by atoms with E-state index in [2.05, 4.69) is 25.9 Å². The van der Waals surface area contributed by atoms with Gasteiger partial charge < -0.3 is 9.47 Å². The second-order valence-electron chi connectivity index (χ2n) is 4.63. The first kappa shape index (κ1) is 18.3. The SMILES string of the molecule is CCOc1c(Br)cc(/C=N/NS(=O)(=O)c2ccccc2)cc1OC. The molecule has 2 rings (SSSR count). The molecule has 0 unspecified atom stereocenters. The monoisotopic (exact) mass is 412 g/mol. The zero-order valence-electron chi connectivity index (χ0n) is 13.2. The number of hydrazone groups is 1. The molecule has 8 heteroatoms. The summed E-state index contributed by atoms with van der Waals surface area (Å²) in [5.41, 5.74) is 0.651. The first-order chi connectivity index (χ1) is 11.5. The van der Waals surface area contributed by atoms with Crippen LogP contribution in [0.25, 0.3) is 0 Å². The van der Waals surface area contributed by atoms with Crippen LogP contribution in [0.5, 0.6) is 11.5 Å². The van der Waals surface area contributed by atoms with Crippen molar-refractivity contribution in [2.45, 2.75) is 11.8 Å². The van der Waals surface area contributed by atoms with Crippen molar-refractivity contribution >= 4 is 32.2 Å². The summed E-state index contributed by atoms with van der Waals surface area (Å²) in [7, 11) is -2.16. The van der Waals surface area contributed by atoms with E-state index in [0.717, 1.165) is 0 Å². The highest BCUT2D eigenvalue weighted by atomic mass is 79.9. The van der Waals surface area contributed by atoms with Crippen LogP contribution in [-0.2, 0) is 10.0 Å². The second-order valence-corrected chi connectivity index (χ2v) is 7.15. The minimum absolute atomic E-state index is 0.146. The molecule has 0 amide bonds. The van der Waals surface area contributed by atoms with Crippen LogP contribution in [0.2, 0.25) is 0 Å². The molecule has 2 aromatic carbocycles. The molecule has 0 aliphatic heterocycles. The summed E-state index contributed by atoms with van der Waals surface area (Å²) in [5.74, 6) is 1.11. The van der Waals surface area contributed by atoms with Crippen molar-refractivity contribution in [3.8, 4) is 11.5 Å². The van der Waals surface area contributed by atoms with Crippen LogP contribution in [0.3, 0.4) is 0 Å². The maximum atomic E-state index is 12.1. The zero-order valence-corrected chi connectivity index (χ0v) is 15.6. The number of halogens is 1. The Kier molecular flexibility index (Phi) is 6.22. The summed E-state index contributed by atoms with van der Waals surface area (Å²) < 4.78 is 35.6. The Morgan fingerprint density at radius 3 is 2.58 bits per heavy atom. The third-order valence-electron chi connectivity index (χ3n) is 2.98. The van der Waals surface area contributed by atoms with Gasteiger partial charge in [-0.2, -0.15) is 13.5 Å². The van der Waals surface area contributed by atoms with Gasteiger partial charge in [-0.15, -0.1) is 0 Å². The number of sulfonamides is 1. The summed E-state index contributed by atoms with van der Waals surface area (Å²) in [6.45, 7) is 2.37. The van der Waals surface area contributed by atoms with E-state index in [1.54, 1.807) is 30.3 Å². The summed E-state index contributed by atoms with van der Waals surface area (Å²) in [6.07, 6.45) is 1.39. The van der Waals surface area contributed by atoms with E-state index in [4.69, 9.17) is 9.47 Å². The van der Waals surface area contributed by atoms with E-state index in [0.29, 0.717) is 28.1 Å². The van der Waals surface area contributed by atoms with Gasteiger partial charge in [0.1, 0.15) is 0 Å². The Bertz CT molecular complexity index is 823. The fourth-order valence-electron chi connectivity index (χ4n) is 1.92. The highest BCUT2D eigenvalue weighted by Crippen LogP contribution is 2.36. The van der Waals surface area contributed by atoms with Crippen LogP contribution in [0.4, 0.5) is 0 Å². The van der Waals surface area contributed by atoms with Crippen molar-refractivity contribution < 1.29 is 17.9 Å². The second kappa shape index (κ2) is 8.16. The van der Waals surface area contributed by atoms with Crippen molar-refractivity contribution in [1.82, 2.24) is 4.83 Å². The standard InChI is InChI=1S/C16H17BrN2O4S/c1-3-23-16-14(17)9-12(10-15(16)22-2)11-18-19-24(20,21)13-7-5-4-6-8-13/h4-11,19H,3H2,1-2H3/b18-11+. The number of nitrogens with zero attached hydrogens (tertiary/aromatic N) is 1. The number of nitrogens with one attached hydrogen (secondary N) is 1. The van der Waals surface area contributed by atoms with Gasteiger partial charge in [-0.1, -0.05) is 18.2 Å². The normalized spacial score (nSPS) is 11.5. The zero-order chi connectivity index (χ0) is 17.6. The van der Waals surface area contributed by atoms with Crippen molar-refractivity contribution in [1.29, 1.82) is 0 Å². The van der Waals surface area contributed by atoms with Gasteiger partial charge >= 0.3 is 0 Å². The van der Waals surface area contributed by atoms with Crippen LogP contribution in [-0.4, -0.2) is 28.3 Å². The predicted molar refractivity (Wildman–Crippen MR) is 96.2 cm³/mol. The molecule has 0 aliphatic rings. The number of hydrogen-bond donors (Lipinski definition) is 1.